The molecule has 0 saturated heterocycles. The van der Waals surface area contributed by atoms with Crippen molar-refractivity contribution in [2.75, 3.05) is 12.5 Å². The molecule has 0 atom stereocenters. The minimum atomic E-state index is -3.81. The van der Waals surface area contributed by atoms with E-state index in [1.807, 2.05) is 12.5 Å². The molecule has 0 aliphatic heterocycles. The Balaban J connectivity index is -0.0000000381. The summed E-state index contributed by atoms with van der Waals surface area (Å²) in [6.07, 6.45) is 5.33. The molecule has 0 fully saturated rings. The Labute approximate surface area is 118 Å². The van der Waals surface area contributed by atoms with E-state index in [-0.39, 0.29) is 7.43 Å². The van der Waals surface area contributed by atoms with E-state index in [1.54, 1.807) is 11.8 Å². The average molecular weight is 350 g/mol. The first-order valence-corrected chi connectivity index (χ1v) is 10.8. The van der Waals surface area contributed by atoms with Crippen LogP contribution < -0.4 is 0 Å². The number of hydrogen-bond donors (Lipinski definition) is 6. The normalized spacial score (nSPS) is 9.06. The van der Waals surface area contributed by atoms with Gasteiger partial charge in [0.1, 0.15) is 0 Å². The Hall–Kier alpha value is 1.41. The molecular weight excluding hydrogens is 326 g/mol. The van der Waals surface area contributed by atoms with Crippen LogP contribution in [0.5, 0.6) is 0 Å². The number of rotatable bonds is 0. The van der Waals surface area contributed by atoms with Crippen LogP contribution in [0.15, 0.2) is 0 Å². The zero-order valence-corrected chi connectivity index (χ0v) is 13.7. The van der Waals surface area contributed by atoms with Gasteiger partial charge in [-0.1, -0.05) is 27.7 Å². The summed E-state index contributed by atoms with van der Waals surface area (Å²) < 4.78 is 0. The van der Waals surface area contributed by atoms with Crippen LogP contribution in [0.2, 0.25) is 0 Å². The largest absolute Gasteiger partial charge is 0.325 e. The van der Waals surface area contributed by atoms with Crippen molar-refractivity contribution in [2.24, 2.45) is 0 Å². The molecular formula is C6H24O6P2S3. The first-order chi connectivity index (χ1) is 6.83. The zero-order chi connectivity index (χ0) is 14.4. The topological polar surface area (TPSA) is 121 Å². The molecule has 0 radical (unpaired) electrons. The van der Waals surface area contributed by atoms with Gasteiger partial charge >= 0.3 is 13.4 Å². The van der Waals surface area contributed by atoms with E-state index >= 15 is 0 Å². The summed E-state index contributed by atoms with van der Waals surface area (Å²) in [6.45, 7) is -3.36. The lowest BCUT2D eigenvalue weighted by Crippen LogP contribution is -1.65. The van der Waals surface area contributed by atoms with Crippen LogP contribution in [0.3, 0.4) is 0 Å². The molecule has 0 aromatic rings. The summed E-state index contributed by atoms with van der Waals surface area (Å²) >= 11 is 8.96. The summed E-state index contributed by atoms with van der Waals surface area (Å²) in [5.74, 6) is 0. The second-order valence-electron chi connectivity index (χ2n) is 2.14. The minimum Gasteiger partial charge on any atom is -0.325 e. The Bertz CT molecular complexity index is 165. The fourth-order valence-electron chi connectivity index (χ4n) is 0. The lowest BCUT2D eigenvalue weighted by atomic mass is 10.6. The quantitative estimate of drug-likeness (QED) is 0.360. The Morgan fingerprint density at radius 3 is 0.824 bits per heavy atom. The van der Waals surface area contributed by atoms with Crippen LogP contribution in [0.4, 0.5) is 0 Å². The van der Waals surface area contributed by atoms with E-state index < -0.39 is 13.4 Å². The molecule has 0 aromatic heterocycles. The first kappa shape index (κ1) is 31.0. The molecule has 0 unspecified atom stereocenters. The highest BCUT2D eigenvalue weighted by atomic mass is 32.5. The molecule has 0 saturated carbocycles. The number of hydrogen-bond acceptors (Lipinski definition) is 3. The van der Waals surface area contributed by atoms with Crippen LogP contribution in [0.1, 0.15) is 27.7 Å². The van der Waals surface area contributed by atoms with E-state index in [9.17, 15) is 0 Å². The molecule has 0 amide bonds. The van der Waals surface area contributed by atoms with E-state index in [0.29, 0.717) is 0 Å². The van der Waals surface area contributed by atoms with Gasteiger partial charge < -0.3 is 29.4 Å². The predicted octanol–water partition coefficient (Wildman–Crippen LogP) is 1.41. The Morgan fingerprint density at radius 1 is 0.824 bits per heavy atom. The van der Waals surface area contributed by atoms with Crippen LogP contribution in [-0.2, 0) is 23.6 Å². The Morgan fingerprint density at radius 2 is 0.824 bits per heavy atom. The van der Waals surface area contributed by atoms with Crippen molar-refractivity contribution in [2.45, 2.75) is 27.7 Å². The molecule has 6 N–H and O–H groups in total. The van der Waals surface area contributed by atoms with Gasteiger partial charge in [0.05, 0.1) is 0 Å². The highest BCUT2D eigenvalue weighted by molar-refractivity contribution is 8.06. The van der Waals surface area contributed by atoms with Crippen LogP contribution >= 0.6 is 25.2 Å². The van der Waals surface area contributed by atoms with E-state index in [0.717, 1.165) is 0 Å². The van der Waals surface area contributed by atoms with Crippen molar-refractivity contribution in [3.8, 4) is 0 Å². The molecule has 112 valence electrons. The van der Waals surface area contributed by atoms with E-state index in [4.69, 9.17) is 29.4 Å². The smallest absolute Gasteiger partial charge is 0.319 e. The maximum absolute atomic E-state index is 7.56. The average Bonchev–Trinajstić information content (AvgIpc) is 1.79. The van der Waals surface area contributed by atoms with Gasteiger partial charge in [-0.05, 0) is 36.1 Å². The second kappa shape index (κ2) is 19.7. The molecule has 0 bridgehead atoms. The molecule has 6 nitrogen and oxygen atoms in total. The van der Waals surface area contributed by atoms with Crippen LogP contribution in [-0.4, -0.2) is 41.9 Å². The maximum atomic E-state index is 7.56. The van der Waals surface area contributed by atoms with Crippen LogP contribution in [0.25, 0.3) is 0 Å². The van der Waals surface area contributed by atoms with Gasteiger partial charge in [-0.3, -0.25) is 0 Å². The Kier molecular flexibility index (Phi) is 36.0. The standard InChI is InChI=1S/C3H8.C2H6S.CH4.2H3O3PS/c2*1-3-2;;2*1-4(2,3)5/h3H2,1-2H3;1-2H3;1H4;2*(H3,1,2,3,5). The molecule has 0 aliphatic carbocycles. The number of thioether (sulfide) groups is 1. The van der Waals surface area contributed by atoms with E-state index in [1.165, 1.54) is 6.42 Å². The summed E-state index contributed by atoms with van der Waals surface area (Å²) in [7, 11) is 0. The third-order valence-electron chi connectivity index (χ3n) is 0. The first-order valence-electron chi connectivity index (χ1n) is 3.80. The van der Waals surface area contributed by atoms with Crippen molar-refractivity contribution in [3.63, 3.8) is 0 Å². The lowest BCUT2D eigenvalue weighted by Gasteiger charge is -1.88. The molecule has 11 heteroatoms. The fourth-order valence-corrected chi connectivity index (χ4v) is 0. The fraction of sp³-hybridized carbons (Fsp3) is 1.00. The highest BCUT2D eigenvalue weighted by Crippen LogP contribution is 2.26. The molecule has 0 aromatic carbocycles. The van der Waals surface area contributed by atoms with Gasteiger partial charge in [0.15, 0.2) is 0 Å². The summed E-state index contributed by atoms with van der Waals surface area (Å²) in [5.41, 5.74) is 0. The van der Waals surface area contributed by atoms with Gasteiger partial charge in [-0.15, -0.1) is 0 Å². The van der Waals surface area contributed by atoms with Crippen molar-refractivity contribution in [1.82, 2.24) is 0 Å². The highest BCUT2D eigenvalue weighted by Gasteiger charge is 1.92. The molecule has 0 aliphatic rings. The third-order valence-corrected chi connectivity index (χ3v) is 0. The molecule has 0 rings (SSSR count). The monoisotopic (exact) mass is 350 g/mol. The summed E-state index contributed by atoms with van der Waals surface area (Å²) in [4.78, 5) is 45.3. The molecule has 0 spiro atoms. The summed E-state index contributed by atoms with van der Waals surface area (Å²) in [6, 6.07) is 0. The van der Waals surface area contributed by atoms with Crippen molar-refractivity contribution in [3.05, 3.63) is 0 Å². The minimum absolute atomic E-state index is 0. The molecule has 0 heterocycles. The second-order valence-corrected chi connectivity index (χ2v) is 7.95. The maximum Gasteiger partial charge on any atom is 0.319 e. The lowest BCUT2D eigenvalue weighted by molar-refractivity contribution is 0.361. The molecule has 17 heavy (non-hydrogen) atoms. The van der Waals surface area contributed by atoms with E-state index in [2.05, 4.69) is 37.5 Å². The van der Waals surface area contributed by atoms with Gasteiger partial charge in [0, 0.05) is 0 Å². The van der Waals surface area contributed by atoms with Gasteiger partial charge in [-0.2, -0.15) is 11.8 Å². The van der Waals surface area contributed by atoms with Crippen molar-refractivity contribution < 1.29 is 29.4 Å². The predicted molar refractivity (Wildman–Crippen MR) is 84.0 cm³/mol. The van der Waals surface area contributed by atoms with Gasteiger partial charge in [0.25, 0.3) is 0 Å². The third kappa shape index (κ3) is 2080. The van der Waals surface area contributed by atoms with Gasteiger partial charge in [-0.25, -0.2) is 0 Å². The van der Waals surface area contributed by atoms with Crippen molar-refractivity contribution >= 4 is 48.8 Å². The van der Waals surface area contributed by atoms with Crippen LogP contribution in [0, 0.1) is 0 Å². The van der Waals surface area contributed by atoms with Crippen molar-refractivity contribution in [1.29, 1.82) is 0 Å². The van der Waals surface area contributed by atoms with Gasteiger partial charge in [0.2, 0.25) is 0 Å². The SMILES string of the molecule is C.CCC.CSC.OP(O)(O)=S.OP(O)(O)=S. The summed E-state index contributed by atoms with van der Waals surface area (Å²) in [5, 5.41) is 0. The zero-order valence-electron chi connectivity index (χ0n) is 9.51.